The van der Waals surface area contributed by atoms with Crippen LogP contribution in [0.2, 0.25) is 0 Å². The van der Waals surface area contributed by atoms with Crippen molar-refractivity contribution in [2.45, 2.75) is 20.0 Å². The highest BCUT2D eigenvalue weighted by Crippen LogP contribution is 2.30. The molecule has 12 heavy (non-hydrogen) atoms. The van der Waals surface area contributed by atoms with Gasteiger partial charge in [0, 0.05) is 4.47 Å². The fraction of sp³-hybridized carbons (Fsp3) is 0.333. The van der Waals surface area contributed by atoms with Gasteiger partial charge < -0.3 is 5.11 Å². The van der Waals surface area contributed by atoms with Crippen molar-refractivity contribution < 1.29 is 5.11 Å². The molecule has 1 aromatic heterocycles. The summed E-state index contributed by atoms with van der Waals surface area (Å²) in [7, 11) is 0. The highest BCUT2D eigenvalue weighted by molar-refractivity contribution is 9.10. The number of rotatable bonds is 2. The number of allylic oxidation sites excluding steroid dienone is 1. The molecule has 0 bridgehead atoms. The van der Waals surface area contributed by atoms with Crippen molar-refractivity contribution in [3.05, 3.63) is 32.4 Å². The Balaban J connectivity index is 2.85. The molecular formula is C9H11BrOS. The Morgan fingerprint density at radius 1 is 1.67 bits per heavy atom. The van der Waals surface area contributed by atoms with Crippen LogP contribution in [0, 0.1) is 0 Å². The molecule has 0 aliphatic rings. The third kappa shape index (κ3) is 2.44. The zero-order valence-electron chi connectivity index (χ0n) is 7.04. The summed E-state index contributed by atoms with van der Waals surface area (Å²) in [6.45, 7) is 3.95. The third-order valence-electron chi connectivity index (χ3n) is 1.40. The second-order valence-corrected chi connectivity index (χ2v) is 4.62. The van der Waals surface area contributed by atoms with Crippen LogP contribution in [-0.2, 0) is 0 Å². The molecule has 1 aromatic rings. The minimum absolute atomic E-state index is 0.468. The van der Waals surface area contributed by atoms with Crippen LogP contribution in [0.15, 0.2) is 27.6 Å². The van der Waals surface area contributed by atoms with Gasteiger partial charge in [0.1, 0.15) is 6.10 Å². The van der Waals surface area contributed by atoms with Gasteiger partial charge >= 0.3 is 0 Å². The summed E-state index contributed by atoms with van der Waals surface area (Å²) in [4.78, 5) is 0.969. The maximum atomic E-state index is 9.66. The van der Waals surface area contributed by atoms with Crippen molar-refractivity contribution in [3.63, 3.8) is 0 Å². The van der Waals surface area contributed by atoms with Crippen LogP contribution in [0.25, 0.3) is 0 Å². The van der Waals surface area contributed by atoms with E-state index in [9.17, 15) is 5.11 Å². The number of aliphatic hydroxyl groups is 1. The lowest BCUT2D eigenvalue weighted by Crippen LogP contribution is -1.90. The van der Waals surface area contributed by atoms with E-state index >= 15 is 0 Å². The highest BCUT2D eigenvalue weighted by atomic mass is 79.9. The highest BCUT2D eigenvalue weighted by Gasteiger charge is 2.09. The van der Waals surface area contributed by atoms with Gasteiger partial charge in [0.15, 0.2) is 0 Å². The van der Waals surface area contributed by atoms with Gasteiger partial charge in [-0.15, -0.1) is 11.3 Å². The Morgan fingerprint density at radius 3 is 2.75 bits per heavy atom. The second kappa shape index (κ2) is 4.21. The minimum atomic E-state index is -0.468. The lowest BCUT2D eigenvalue weighted by atomic mass is 10.2. The van der Waals surface area contributed by atoms with E-state index < -0.39 is 6.10 Å². The van der Waals surface area contributed by atoms with E-state index in [-0.39, 0.29) is 0 Å². The van der Waals surface area contributed by atoms with Gasteiger partial charge in [-0.3, -0.25) is 0 Å². The van der Waals surface area contributed by atoms with E-state index in [1.165, 1.54) is 0 Å². The summed E-state index contributed by atoms with van der Waals surface area (Å²) in [5.74, 6) is 0. The SMILES string of the molecule is CC(C)=CC(O)c1sccc1Br. The Hall–Kier alpha value is -0.120. The van der Waals surface area contributed by atoms with Crippen molar-refractivity contribution in [2.75, 3.05) is 0 Å². The standard InChI is InChI=1S/C9H11BrOS/c1-6(2)5-8(11)9-7(10)3-4-12-9/h3-5,8,11H,1-2H3. The van der Waals surface area contributed by atoms with Gasteiger partial charge in [0.25, 0.3) is 0 Å². The molecule has 1 rings (SSSR count). The van der Waals surface area contributed by atoms with Crippen LogP contribution in [0.4, 0.5) is 0 Å². The summed E-state index contributed by atoms with van der Waals surface area (Å²) in [6, 6.07) is 1.95. The van der Waals surface area contributed by atoms with E-state index in [4.69, 9.17) is 0 Å². The van der Waals surface area contributed by atoms with Gasteiger partial charge in [0.05, 0.1) is 4.88 Å². The average Bonchev–Trinajstić information content (AvgIpc) is 2.33. The summed E-state index contributed by atoms with van der Waals surface area (Å²) in [5, 5.41) is 11.6. The summed E-state index contributed by atoms with van der Waals surface area (Å²) < 4.78 is 0.984. The number of aliphatic hydroxyl groups excluding tert-OH is 1. The van der Waals surface area contributed by atoms with Gasteiger partial charge in [-0.25, -0.2) is 0 Å². The van der Waals surface area contributed by atoms with E-state index in [1.54, 1.807) is 11.3 Å². The van der Waals surface area contributed by atoms with E-state index in [2.05, 4.69) is 15.9 Å². The van der Waals surface area contributed by atoms with Gasteiger partial charge in [-0.1, -0.05) is 11.6 Å². The zero-order valence-corrected chi connectivity index (χ0v) is 9.45. The first-order valence-corrected chi connectivity index (χ1v) is 5.34. The molecule has 0 amide bonds. The fourth-order valence-corrected chi connectivity index (χ4v) is 2.47. The van der Waals surface area contributed by atoms with Gasteiger partial charge in [0.2, 0.25) is 0 Å². The first-order valence-electron chi connectivity index (χ1n) is 3.67. The molecule has 0 spiro atoms. The van der Waals surface area contributed by atoms with Crippen LogP contribution < -0.4 is 0 Å². The molecule has 1 N–H and O–H groups in total. The van der Waals surface area contributed by atoms with E-state index in [0.29, 0.717) is 0 Å². The Bertz CT molecular complexity index is 286. The molecule has 0 aliphatic carbocycles. The number of hydrogen-bond acceptors (Lipinski definition) is 2. The molecule has 0 fully saturated rings. The second-order valence-electron chi connectivity index (χ2n) is 2.82. The Kier molecular flexibility index (Phi) is 3.50. The molecule has 1 nitrogen and oxygen atoms in total. The molecule has 3 heteroatoms. The molecular weight excluding hydrogens is 236 g/mol. The monoisotopic (exact) mass is 246 g/mol. The summed E-state index contributed by atoms with van der Waals surface area (Å²) in [6.07, 6.45) is 1.38. The molecule has 0 saturated heterocycles. The average molecular weight is 247 g/mol. The van der Waals surface area contributed by atoms with Crippen LogP contribution in [-0.4, -0.2) is 5.11 Å². The number of halogens is 1. The van der Waals surface area contributed by atoms with E-state index in [0.717, 1.165) is 14.9 Å². The normalized spacial score (nSPS) is 12.7. The van der Waals surface area contributed by atoms with Crippen molar-refractivity contribution >= 4 is 27.3 Å². The summed E-state index contributed by atoms with van der Waals surface area (Å²) in [5.41, 5.74) is 1.13. The third-order valence-corrected chi connectivity index (χ3v) is 3.35. The first-order chi connectivity index (χ1) is 5.61. The lowest BCUT2D eigenvalue weighted by Gasteiger charge is -2.03. The van der Waals surface area contributed by atoms with Crippen molar-refractivity contribution in [2.24, 2.45) is 0 Å². The fourth-order valence-electron chi connectivity index (χ4n) is 0.908. The Labute approximate surface area is 84.9 Å². The zero-order chi connectivity index (χ0) is 9.14. The molecule has 1 heterocycles. The minimum Gasteiger partial charge on any atom is -0.383 e. The predicted octanol–water partition coefficient (Wildman–Crippen LogP) is 3.51. The number of thiophene rings is 1. The van der Waals surface area contributed by atoms with Crippen LogP contribution >= 0.6 is 27.3 Å². The molecule has 0 aliphatic heterocycles. The van der Waals surface area contributed by atoms with E-state index in [1.807, 2.05) is 31.4 Å². The number of hydrogen-bond donors (Lipinski definition) is 1. The molecule has 0 saturated carbocycles. The lowest BCUT2D eigenvalue weighted by molar-refractivity contribution is 0.231. The van der Waals surface area contributed by atoms with Gasteiger partial charge in [-0.2, -0.15) is 0 Å². The van der Waals surface area contributed by atoms with Crippen LogP contribution in [0.1, 0.15) is 24.8 Å². The Morgan fingerprint density at radius 2 is 2.33 bits per heavy atom. The smallest absolute Gasteiger partial charge is 0.108 e. The van der Waals surface area contributed by atoms with Crippen LogP contribution in [0.3, 0.4) is 0 Å². The quantitative estimate of drug-likeness (QED) is 0.793. The van der Waals surface area contributed by atoms with Gasteiger partial charge in [-0.05, 0) is 41.2 Å². The predicted molar refractivity (Wildman–Crippen MR) is 56.4 cm³/mol. The summed E-state index contributed by atoms with van der Waals surface area (Å²) >= 11 is 4.94. The van der Waals surface area contributed by atoms with Crippen molar-refractivity contribution in [1.29, 1.82) is 0 Å². The maximum absolute atomic E-state index is 9.66. The molecule has 0 radical (unpaired) electrons. The van der Waals surface area contributed by atoms with Crippen LogP contribution in [0.5, 0.6) is 0 Å². The molecule has 1 atom stereocenters. The topological polar surface area (TPSA) is 20.2 Å². The van der Waals surface area contributed by atoms with Crippen molar-refractivity contribution in [3.8, 4) is 0 Å². The first kappa shape index (κ1) is 9.96. The van der Waals surface area contributed by atoms with Crippen molar-refractivity contribution in [1.82, 2.24) is 0 Å². The molecule has 1 unspecified atom stereocenters. The molecule has 0 aromatic carbocycles. The largest absolute Gasteiger partial charge is 0.383 e. The molecule has 66 valence electrons. The maximum Gasteiger partial charge on any atom is 0.108 e.